The maximum absolute atomic E-state index is 13.9. The van der Waals surface area contributed by atoms with Crippen LogP contribution in [-0.2, 0) is 29.8 Å². The molecule has 0 saturated heterocycles. The Morgan fingerprint density at radius 1 is 0.507 bits per heavy atom. The third kappa shape index (κ3) is 4.78. The zero-order valence-electron chi connectivity index (χ0n) is 38.5. The van der Waals surface area contributed by atoms with Crippen LogP contribution in [-0.4, -0.2) is 14.5 Å². The highest BCUT2D eigenvalue weighted by molar-refractivity contribution is 6.20. The summed E-state index contributed by atoms with van der Waals surface area (Å²) in [4.78, 5) is 12.4. The van der Waals surface area contributed by atoms with Crippen molar-refractivity contribution in [3.8, 4) is 28.2 Å². The van der Waals surface area contributed by atoms with Crippen molar-refractivity contribution in [3.63, 3.8) is 0 Å². The summed E-state index contributed by atoms with van der Waals surface area (Å²) in [7, 11) is 0. The molecule has 0 unspecified atom stereocenters. The summed E-state index contributed by atoms with van der Waals surface area (Å²) in [6, 6.07) is 55.8. The predicted molar refractivity (Wildman–Crippen MR) is 277 cm³/mol. The van der Waals surface area contributed by atoms with Crippen molar-refractivity contribution >= 4 is 71.6 Å². The van der Waals surface area contributed by atoms with E-state index in [1.807, 2.05) is 30.6 Å². The largest absolute Gasteiger partial charge is 0.453 e. The number of anilines is 3. The minimum Gasteiger partial charge on any atom is -0.453 e. The van der Waals surface area contributed by atoms with Crippen LogP contribution in [0.5, 0.6) is 0 Å². The van der Waals surface area contributed by atoms with Crippen LogP contribution in [0.1, 0.15) is 63.9 Å². The maximum Gasteiger partial charge on any atom is 0.416 e. The summed E-state index contributed by atoms with van der Waals surface area (Å²) >= 11 is 0. The Bertz CT molecular complexity index is 4330. The molecule has 0 fully saturated rings. The molecule has 12 aromatic rings. The van der Waals surface area contributed by atoms with E-state index in [-0.39, 0.29) is 0 Å². The third-order valence-corrected chi connectivity index (χ3v) is 16.6. The van der Waals surface area contributed by atoms with Crippen LogP contribution in [0.2, 0.25) is 0 Å². The SMILES string of the molecule is CC1(C)c2ccccc2N(c2cccc3c2oc2c4c(ccc23)C2(c3cccnc3-c3ncccc32)c2ccc3c5c(ccc-4c25)CC3)c2cc3c(cc21)c1ccccc1n3-c1ccc(C(F)(F)F)cc1. The average Bonchev–Trinajstić information content (AvgIpc) is 4.17. The topological polar surface area (TPSA) is 47.1 Å². The predicted octanol–water partition coefficient (Wildman–Crippen LogP) is 16.2. The molecule has 338 valence electrons. The fraction of sp³-hybridized carbons (Fsp3) is 0.111. The van der Waals surface area contributed by atoms with Gasteiger partial charge in [0.05, 0.1) is 50.5 Å². The van der Waals surface area contributed by atoms with E-state index in [0.29, 0.717) is 5.69 Å². The van der Waals surface area contributed by atoms with Crippen molar-refractivity contribution in [2.75, 3.05) is 4.90 Å². The molecule has 1 aliphatic heterocycles. The molecule has 8 heteroatoms. The van der Waals surface area contributed by atoms with Gasteiger partial charge in [-0.3, -0.25) is 9.97 Å². The number of pyridine rings is 2. The Kier molecular flexibility index (Phi) is 7.33. The number of para-hydroxylation sites is 3. The number of aryl methyl sites for hydroxylation is 2. The van der Waals surface area contributed by atoms with Crippen LogP contribution >= 0.6 is 0 Å². The van der Waals surface area contributed by atoms with E-state index in [1.165, 1.54) is 50.7 Å². The zero-order valence-corrected chi connectivity index (χ0v) is 38.5. The molecular formula is C63H39F3N4O. The van der Waals surface area contributed by atoms with Gasteiger partial charge in [0.1, 0.15) is 5.58 Å². The zero-order chi connectivity index (χ0) is 47.3. The first-order valence-electron chi connectivity index (χ1n) is 24.3. The van der Waals surface area contributed by atoms with Crippen molar-refractivity contribution < 1.29 is 17.6 Å². The number of halogens is 3. The summed E-state index contributed by atoms with van der Waals surface area (Å²) in [6.45, 7) is 4.56. The molecule has 4 aliphatic rings. The highest BCUT2D eigenvalue weighted by Gasteiger charge is 2.52. The molecule has 1 spiro atoms. The molecule has 0 radical (unpaired) electrons. The van der Waals surface area contributed by atoms with E-state index in [0.717, 1.165) is 113 Å². The third-order valence-electron chi connectivity index (χ3n) is 16.6. The second kappa shape index (κ2) is 13.2. The van der Waals surface area contributed by atoms with Gasteiger partial charge in [-0.05, 0) is 140 Å². The van der Waals surface area contributed by atoms with Gasteiger partial charge in [-0.15, -0.1) is 0 Å². The quantitative estimate of drug-likeness (QED) is 0.173. The molecule has 3 aliphatic carbocycles. The first-order valence-corrected chi connectivity index (χ1v) is 24.3. The minimum absolute atomic E-state index is 0.422. The lowest BCUT2D eigenvalue weighted by Crippen LogP contribution is -2.32. The normalized spacial score (nSPS) is 15.5. The van der Waals surface area contributed by atoms with E-state index in [1.54, 1.807) is 12.1 Å². The first-order chi connectivity index (χ1) is 34.6. The average molecular weight is 925 g/mol. The fourth-order valence-corrected chi connectivity index (χ4v) is 13.6. The smallest absolute Gasteiger partial charge is 0.416 e. The Labute approximate surface area is 405 Å². The lowest BCUT2D eigenvalue weighted by molar-refractivity contribution is -0.137. The van der Waals surface area contributed by atoms with E-state index < -0.39 is 22.6 Å². The molecule has 8 aromatic carbocycles. The number of fused-ring (bicyclic) bond motifs is 18. The molecular weight excluding hydrogens is 886 g/mol. The molecule has 5 heterocycles. The van der Waals surface area contributed by atoms with E-state index in [4.69, 9.17) is 14.4 Å². The van der Waals surface area contributed by atoms with Gasteiger partial charge in [-0.25, -0.2) is 0 Å². The molecule has 0 N–H and O–H groups in total. The van der Waals surface area contributed by atoms with Gasteiger partial charge in [-0.2, -0.15) is 13.2 Å². The minimum atomic E-state index is -4.45. The molecule has 0 bridgehead atoms. The van der Waals surface area contributed by atoms with Gasteiger partial charge in [0.2, 0.25) is 0 Å². The molecule has 5 nitrogen and oxygen atoms in total. The summed E-state index contributed by atoms with van der Waals surface area (Å²) < 4.78 is 51.4. The number of hydrogen-bond acceptors (Lipinski definition) is 4. The number of rotatable bonds is 2. The molecule has 4 aromatic heterocycles. The number of furan rings is 1. The monoisotopic (exact) mass is 924 g/mol. The highest BCUT2D eigenvalue weighted by Crippen LogP contribution is 2.64. The van der Waals surface area contributed by atoms with Crippen molar-refractivity contribution in [2.24, 2.45) is 0 Å². The molecule has 0 saturated carbocycles. The summed E-state index contributed by atoms with van der Waals surface area (Å²) in [6.07, 6.45) is 1.32. The van der Waals surface area contributed by atoms with Gasteiger partial charge < -0.3 is 13.9 Å². The Morgan fingerprint density at radius 2 is 1.17 bits per heavy atom. The van der Waals surface area contributed by atoms with Crippen LogP contribution in [0.4, 0.5) is 30.2 Å². The van der Waals surface area contributed by atoms with Crippen molar-refractivity contribution in [1.29, 1.82) is 0 Å². The lowest BCUT2D eigenvalue weighted by atomic mass is 9.61. The first kappa shape index (κ1) is 39.4. The molecule has 16 rings (SSSR count). The maximum atomic E-state index is 13.9. The van der Waals surface area contributed by atoms with Crippen LogP contribution in [0.15, 0.2) is 181 Å². The van der Waals surface area contributed by atoms with Gasteiger partial charge in [0, 0.05) is 50.6 Å². The van der Waals surface area contributed by atoms with Gasteiger partial charge in [-0.1, -0.05) is 111 Å². The molecule has 0 atom stereocenters. The van der Waals surface area contributed by atoms with Crippen LogP contribution in [0.25, 0.3) is 82.7 Å². The second-order valence-corrected chi connectivity index (χ2v) is 20.2. The number of aromatic nitrogens is 3. The standard InChI is InChI=1S/C63H39F3N4O/c1-61(2)43-12-4-6-16-50(43)70(53-33-52-42(32-48(53)61)38-10-3-5-15-49(38)69(52)37-24-22-36(23-25-37)63(64,65)66)51-17-7-11-39-40-27-29-45-56(60(40)71-59(39)51)41-26-20-34-18-19-35-21-28-44(55(41)54(34)35)62(45)46-13-8-30-67-57(46)58-47(62)14-9-31-68-58/h3-17,20-33H,18-19H2,1-2H3. The second-order valence-electron chi connectivity index (χ2n) is 20.2. The van der Waals surface area contributed by atoms with Gasteiger partial charge in [0.25, 0.3) is 0 Å². The Morgan fingerprint density at radius 3 is 1.94 bits per heavy atom. The molecule has 0 amide bonds. The van der Waals surface area contributed by atoms with Crippen LogP contribution in [0.3, 0.4) is 0 Å². The number of nitrogens with zero attached hydrogens (tertiary/aromatic N) is 4. The number of hydrogen-bond donors (Lipinski definition) is 0. The van der Waals surface area contributed by atoms with Gasteiger partial charge in [0.15, 0.2) is 5.58 Å². The van der Waals surface area contributed by atoms with E-state index >= 15 is 0 Å². The van der Waals surface area contributed by atoms with E-state index in [9.17, 15) is 13.2 Å². The fourth-order valence-electron chi connectivity index (χ4n) is 13.6. The molecule has 71 heavy (non-hydrogen) atoms. The highest BCUT2D eigenvalue weighted by atomic mass is 19.4. The van der Waals surface area contributed by atoms with Gasteiger partial charge >= 0.3 is 6.18 Å². The van der Waals surface area contributed by atoms with Crippen molar-refractivity contribution in [3.05, 3.63) is 226 Å². The van der Waals surface area contributed by atoms with Crippen LogP contribution in [0, 0.1) is 0 Å². The van der Waals surface area contributed by atoms with E-state index in [2.05, 4.69) is 145 Å². The van der Waals surface area contributed by atoms with Crippen LogP contribution < -0.4 is 4.90 Å². The Hall–Kier alpha value is -8.49. The summed E-state index contributed by atoms with van der Waals surface area (Å²) in [5.41, 5.74) is 19.0. The van der Waals surface area contributed by atoms with Crippen molar-refractivity contribution in [2.45, 2.75) is 43.7 Å². The number of benzene rings is 8. The summed E-state index contributed by atoms with van der Waals surface area (Å²) in [5, 5.41) is 6.72. The number of alkyl halides is 3. The lowest BCUT2D eigenvalue weighted by Gasteiger charge is -2.42. The van der Waals surface area contributed by atoms with Crippen molar-refractivity contribution in [1.82, 2.24) is 14.5 Å². The summed E-state index contributed by atoms with van der Waals surface area (Å²) in [5.74, 6) is 0. The Balaban J connectivity index is 0.997.